The molecule has 0 bridgehead atoms. The lowest BCUT2D eigenvalue weighted by Gasteiger charge is -2.29. The average Bonchev–Trinajstić information content (AvgIpc) is 2.18. The lowest BCUT2D eigenvalue weighted by Crippen LogP contribution is -2.43. The molecule has 0 aliphatic carbocycles. The van der Waals surface area contributed by atoms with Crippen LogP contribution in [0.3, 0.4) is 0 Å². The molecule has 1 saturated heterocycles. The van der Waals surface area contributed by atoms with E-state index in [1.165, 1.54) is 4.31 Å². The van der Waals surface area contributed by atoms with Crippen LogP contribution in [0.15, 0.2) is 0 Å². The summed E-state index contributed by atoms with van der Waals surface area (Å²) in [6.45, 7) is 2.12. The van der Waals surface area contributed by atoms with E-state index in [1.807, 2.05) is 6.07 Å². The molecule has 74 valence electrons. The number of nitrogens with zero attached hydrogens (tertiary/aromatic N) is 2. The van der Waals surface area contributed by atoms with Gasteiger partial charge in [-0.15, -0.1) is 0 Å². The molecule has 13 heavy (non-hydrogen) atoms. The Hall–Kier alpha value is -0.600. The summed E-state index contributed by atoms with van der Waals surface area (Å²) >= 11 is 0. The number of rotatable bonds is 2. The highest BCUT2D eigenvalue weighted by atomic mass is 32.2. The van der Waals surface area contributed by atoms with Gasteiger partial charge in [-0.1, -0.05) is 0 Å². The third-order valence-corrected chi connectivity index (χ3v) is 4.21. The van der Waals surface area contributed by atoms with Crippen LogP contribution in [0.4, 0.5) is 0 Å². The van der Waals surface area contributed by atoms with E-state index in [1.54, 1.807) is 6.92 Å². The second-order valence-electron chi connectivity index (χ2n) is 3.15. The van der Waals surface area contributed by atoms with Crippen molar-refractivity contribution in [3.05, 3.63) is 0 Å². The van der Waals surface area contributed by atoms with Gasteiger partial charge in [0, 0.05) is 6.54 Å². The number of hydrogen-bond donors (Lipinski definition) is 0. The normalized spacial score (nSPS) is 25.4. The van der Waals surface area contributed by atoms with Crippen molar-refractivity contribution < 1.29 is 8.42 Å². The molecule has 1 atom stereocenters. The predicted molar refractivity (Wildman–Crippen MR) is 49.4 cm³/mol. The van der Waals surface area contributed by atoms with Crippen molar-refractivity contribution >= 4 is 10.0 Å². The first kappa shape index (κ1) is 10.5. The Morgan fingerprint density at radius 2 is 2.23 bits per heavy atom. The molecule has 1 heterocycles. The van der Waals surface area contributed by atoms with Crippen LogP contribution >= 0.6 is 0 Å². The Balaban J connectivity index is 2.83. The van der Waals surface area contributed by atoms with E-state index < -0.39 is 16.1 Å². The van der Waals surface area contributed by atoms with Gasteiger partial charge in [0.25, 0.3) is 0 Å². The lowest BCUT2D eigenvalue weighted by atomic mass is 10.1. The average molecular weight is 202 g/mol. The third kappa shape index (κ3) is 2.20. The summed E-state index contributed by atoms with van der Waals surface area (Å²) in [7, 11) is -3.17. The molecule has 0 saturated carbocycles. The van der Waals surface area contributed by atoms with Crippen LogP contribution in [0.25, 0.3) is 0 Å². The van der Waals surface area contributed by atoms with Crippen molar-refractivity contribution in [2.75, 3.05) is 12.3 Å². The van der Waals surface area contributed by atoms with Gasteiger partial charge in [-0.3, -0.25) is 0 Å². The minimum absolute atomic E-state index is 0.0885. The summed E-state index contributed by atoms with van der Waals surface area (Å²) in [5, 5.41) is 8.76. The van der Waals surface area contributed by atoms with Crippen LogP contribution in [0.5, 0.6) is 0 Å². The first-order chi connectivity index (χ1) is 6.11. The minimum atomic E-state index is -3.17. The van der Waals surface area contributed by atoms with Gasteiger partial charge in [0.2, 0.25) is 10.0 Å². The predicted octanol–water partition coefficient (Wildman–Crippen LogP) is 0.714. The molecule has 0 aromatic rings. The molecule has 4 nitrogen and oxygen atoms in total. The largest absolute Gasteiger partial charge is 0.215 e. The molecule has 0 aromatic carbocycles. The summed E-state index contributed by atoms with van der Waals surface area (Å²) in [4.78, 5) is 0. The van der Waals surface area contributed by atoms with E-state index in [0.717, 1.165) is 12.8 Å². The Kier molecular flexibility index (Phi) is 3.28. The maximum Gasteiger partial charge on any atom is 0.215 e. The Morgan fingerprint density at radius 3 is 2.77 bits per heavy atom. The minimum Gasteiger partial charge on any atom is -0.212 e. The monoisotopic (exact) mass is 202 g/mol. The van der Waals surface area contributed by atoms with Crippen molar-refractivity contribution in [3.63, 3.8) is 0 Å². The summed E-state index contributed by atoms with van der Waals surface area (Å²) in [5.41, 5.74) is 0. The van der Waals surface area contributed by atoms with Gasteiger partial charge in [-0.25, -0.2) is 8.42 Å². The first-order valence-corrected chi connectivity index (χ1v) is 6.12. The topological polar surface area (TPSA) is 61.2 Å². The van der Waals surface area contributed by atoms with Crippen molar-refractivity contribution in [2.24, 2.45) is 0 Å². The molecule has 1 rings (SSSR count). The SMILES string of the molecule is CCS(=O)(=O)N1CCCCC1C#N. The Bertz CT molecular complexity index is 305. The quantitative estimate of drug-likeness (QED) is 0.662. The molecule has 1 aliphatic heterocycles. The van der Waals surface area contributed by atoms with Crippen molar-refractivity contribution in [1.29, 1.82) is 5.26 Å². The fraction of sp³-hybridized carbons (Fsp3) is 0.875. The van der Waals surface area contributed by atoms with E-state index in [-0.39, 0.29) is 5.75 Å². The van der Waals surface area contributed by atoms with Crippen LogP contribution in [-0.4, -0.2) is 31.1 Å². The molecule has 0 spiro atoms. The van der Waals surface area contributed by atoms with E-state index in [0.29, 0.717) is 13.0 Å². The zero-order valence-electron chi connectivity index (χ0n) is 7.73. The Morgan fingerprint density at radius 1 is 1.54 bits per heavy atom. The first-order valence-electron chi connectivity index (χ1n) is 4.51. The summed E-state index contributed by atoms with van der Waals surface area (Å²) < 4.78 is 24.3. The maximum atomic E-state index is 11.5. The van der Waals surface area contributed by atoms with Crippen LogP contribution in [0.1, 0.15) is 26.2 Å². The van der Waals surface area contributed by atoms with E-state index >= 15 is 0 Å². The highest BCUT2D eigenvalue weighted by Crippen LogP contribution is 2.19. The zero-order chi connectivity index (χ0) is 9.90. The molecule has 5 heteroatoms. The van der Waals surface area contributed by atoms with Crippen LogP contribution in [-0.2, 0) is 10.0 Å². The van der Waals surface area contributed by atoms with Gasteiger partial charge in [0.1, 0.15) is 6.04 Å². The van der Waals surface area contributed by atoms with E-state index in [2.05, 4.69) is 0 Å². The molecule has 1 unspecified atom stereocenters. The summed E-state index contributed by atoms with van der Waals surface area (Å²) in [6.07, 6.45) is 2.50. The summed E-state index contributed by atoms with van der Waals surface area (Å²) in [6, 6.07) is 1.61. The zero-order valence-corrected chi connectivity index (χ0v) is 8.55. The third-order valence-electron chi connectivity index (χ3n) is 2.32. The molecule has 0 amide bonds. The smallest absolute Gasteiger partial charge is 0.212 e. The molecule has 0 radical (unpaired) electrons. The number of sulfonamides is 1. The highest BCUT2D eigenvalue weighted by Gasteiger charge is 2.30. The van der Waals surface area contributed by atoms with Crippen LogP contribution in [0, 0.1) is 11.3 Å². The van der Waals surface area contributed by atoms with Gasteiger partial charge in [-0.05, 0) is 26.2 Å². The molecule has 1 aliphatic rings. The van der Waals surface area contributed by atoms with E-state index in [4.69, 9.17) is 5.26 Å². The van der Waals surface area contributed by atoms with Gasteiger partial charge in [0.05, 0.1) is 11.8 Å². The van der Waals surface area contributed by atoms with Gasteiger partial charge < -0.3 is 0 Å². The number of nitriles is 1. The highest BCUT2D eigenvalue weighted by molar-refractivity contribution is 7.89. The lowest BCUT2D eigenvalue weighted by molar-refractivity contribution is 0.297. The maximum absolute atomic E-state index is 11.5. The molecule has 0 N–H and O–H groups in total. The van der Waals surface area contributed by atoms with Crippen LogP contribution in [0.2, 0.25) is 0 Å². The standard InChI is InChI=1S/C8H14N2O2S/c1-2-13(11,12)10-6-4-3-5-8(10)7-9/h8H,2-6H2,1H3. The van der Waals surface area contributed by atoms with Crippen molar-refractivity contribution in [2.45, 2.75) is 32.2 Å². The molecular formula is C8H14N2O2S. The van der Waals surface area contributed by atoms with Gasteiger partial charge >= 0.3 is 0 Å². The number of piperidine rings is 1. The Labute approximate surface area is 79.2 Å². The van der Waals surface area contributed by atoms with Gasteiger partial charge in [-0.2, -0.15) is 9.57 Å². The van der Waals surface area contributed by atoms with Gasteiger partial charge in [0.15, 0.2) is 0 Å². The molecule has 0 aromatic heterocycles. The molecular weight excluding hydrogens is 188 g/mol. The van der Waals surface area contributed by atoms with Crippen molar-refractivity contribution in [1.82, 2.24) is 4.31 Å². The molecule has 1 fully saturated rings. The number of hydrogen-bond acceptors (Lipinski definition) is 3. The second-order valence-corrected chi connectivity index (χ2v) is 5.36. The van der Waals surface area contributed by atoms with E-state index in [9.17, 15) is 8.42 Å². The fourth-order valence-corrected chi connectivity index (χ4v) is 2.81. The second kappa shape index (κ2) is 4.07. The van der Waals surface area contributed by atoms with Crippen LogP contribution < -0.4 is 0 Å². The fourth-order valence-electron chi connectivity index (χ4n) is 1.53. The summed E-state index contributed by atoms with van der Waals surface area (Å²) in [5.74, 6) is 0.0885. The van der Waals surface area contributed by atoms with Crippen molar-refractivity contribution in [3.8, 4) is 6.07 Å².